The fraction of sp³-hybridized carbons (Fsp3) is 0.208. The maximum atomic E-state index is 13.4. The van der Waals surface area contributed by atoms with Gasteiger partial charge in [-0.3, -0.25) is 9.10 Å². The van der Waals surface area contributed by atoms with E-state index in [0.29, 0.717) is 12.1 Å². The molecule has 5 nitrogen and oxygen atoms in total. The number of carbonyl (C=O) groups is 1. The van der Waals surface area contributed by atoms with Crippen LogP contribution in [0.2, 0.25) is 0 Å². The molecule has 0 aliphatic carbocycles. The van der Waals surface area contributed by atoms with Gasteiger partial charge < -0.3 is 4.90 Å². The predicted molar refractivity (Wildman–Crippen MR) is 120 cm³/mol. The van der Waals surface area contributed by atoms with Crippen molar-refractivity contribution in [1.82, 2.24) is 0 Å². The van der Waals surface area contributed by atoms with E-state index in [0.717, 1.165) is 28.1 Å². The van der Waals surface area contributed by atoms with Gasteiger partial charge in [0.25, 0.3) is 10.0 Å². The van der Waals surface area contributed by atoms with Crippen molar-refractivity contribution in [3.63, 3.8) is 0 Å². The number of amides is 1. The van der Waals surface area contributed by atoms with Gasteiger partial charge in [0.05, 0.1) is 16.1 Å². The minimum atomic E-state index is -4.66. The highest BCUT2D eigenvalue weighted by Crippen LogP contribution is 2.35. The highest BCUT2D eigenvalue weighted by atomic mass is 32.2. The molecule has 0 spiro atoms. The van der Waals surface area contributed by atoms with E-state index in [1.54, 1.807) is 18.2 Å². The van der Waals surface area contributed by atoms with Crippen LogP contribution in [0.1, 0.15) is 18.1 Å². The van der Waals surface area contributed by atoms with Crippen LogP contribution in [0.25, 0.3) is 0 Å². The van der Waals surface area contributed by atoms with Crippen LogP contribution in [-0.4, -0.2) is 26.9 Å². The van der Waals surface area contributed by atoms with Gasteiger partial charge >= 0.3 is 6.18 Å². The Bertz CT molecular complexity index is 1280. The Labute approximate surface area is 190 Å². The summed E-state index contributed by atoms with van der Waals surface area (Å²) in [7, 11) is -4.32. The summed E-state index contributed by atoms with van der Waals surface area (Å²) in [5.74, 6) is -0.524. The molecule has 1 atom stereocenters. The van der Waals surface area contributed by atoms with E-state index in [2.05, 4.69) is 0 Å². The summed E-state index contributed by atoms with van der Waals surface area (Å²) < 4.78 is 67.6. The summed E-state index contributed by atoms with van der Waals surface area (Å²) in [6.07, 6.45) is -4.05. The molecule has 1 unspecified atom stereocenters. The largest absolute Gasteiger partial charge is 0.416 e. The second-order valence-corrected chi connectivity index (χ2v) is 9.68. The van der Waals surface area contributed by atoms with Crippen molar-refractivity contribution in [3.8, 4) is 0 Å². The second kappa shape index (κ2) is 8.55. The first-order valence-electron chi connectivity index (χ1n) is 10.2. The average molecular weight is 475 g/mol. The quantitative estimate of drug-likeness (QED) is 0.530. The van der Waals surface area contributed by atoms with E-state index >= 15 is 0 Å². The van der Waals surface area contributed by atoms with Crippen molar-refractivity contribution >= 4 is 27.3 Å². The molecule has 3 aromatic rings. The SMILES string of the molecule is CC1Cc2ccccc2N1C(=O)CN(c1cccc(C(F)(F)F)c1)S(=O)(=O)c1ccccc1. The molecule has 1 heterocycles. The number of rotatable bonds is 5. The number of fused-ring (bicyclic) bond motifs is 1. The number of alkyl halides is 3. The maximum absolute atomic E-state index is 13.4. The van der Waals surface area contributed by atoms with Gasteiger partial charge in [0.15, 0.2) is 0 Å². The molecule has 0 aromatic heterocycles. The standard InChI is InChI=1S/C24H21F3N2O3S/c1-17-14-18-8-5-6-13-22(18)29(17)23(30)16-28(33(31,32)21-11-3-2-4-12-21)20-10-7-9-19(15-20)24(25,26)27/h2-13,15,17H,14,16H2,1H3. The fourth-order valence-corrected chi connectivity index (χ4v) is 5.44. The zero-order valence-corrected chi connectivity index (χ0v) is 18.5. The van der Waals surface area contributed by atoms with E-state index < -0.39 is 34.2 Å². The van der Waals surface area contributed by atoms with Crippen molar-refractivity contribution in [2.75, 3.05) is 15.7 Å². The fourth-order valence-electron chi connectivity index (χ4n) is 4.02. The third kappa shape index (κ3) is 4.45. The average Bonchev–Trinajstić information content (AvgIpc) is 3.13. The van der Waals surface area contributed by atoms with Gasteiger partial charge in [-0.05, 0) is 55.3 Å². The summed E-state index contributed by atoms with van der Waals surface area (Å²) in [5.41, 5.74) is 0.397. The number of anilines is 2. The van der Waals surface area contributed by atoms with Crippen LogP contribution in [0.4, 0.5) is 24.5 Å². The van der Waals surface area contributed by atoms with Gasteiger partial charge in [0, 0.05) is 11.7 Å². The van der Waals surface area contributed by atoms with Crippen LogP contribution in [0, 0.1) is 0 Å². The lowest BCUT2D eigenvalue weighted by atomic mass is 10.1. The second-order valence-electron chi connectivity index (χ2n) is 7.82. The third-order valence-electron chi connectivity index (χ3n) is 5.55. The van der Waals surface area contributed by atoms with E-state index in [1.807, 2.05) is 19.1 Å². The molecular formula is C24H21F3N2O3S. The Kier molecular flexibility index (Phi) is 5.92. The monoisotopic (exact) mass is 474 g/mol. The van der Waals surface area contributed by atoms with Crippen LogP contribution in [-0.2, 0) is 27.4 Å². The van der Waals surface area contributed by atoms with Crippen LogP contribution in [0.3, 0.4) is 0 Å². The topological polar surface area (TPSA) is 57.7 Å². The lowest BCUT2D eigenvalue weighted by Gasteiger charge is -2.29. The summed E-state index contributed by atoms with van der Waals surface area (Å²) in [5, 5.41) is 0. The highest BCUT2D eigenvalue weighted by Gasteiger charge is 2.36. The molecule has 9 heteroatoms. The molecule has 0 radical (unpaired) electrons. The lowest BCUT2D eigenvalue weighted by molar-refractivity contribution is -0.137. The Morgan fingerprint density at radius 1 is 1.00 bits per heavy atom. The van der Waals surface area contributed by atoms with Crippen LogP contribution in [0.15, 0.2) is 83.8 Å². The van der Waals surface area contributed by atoms with Crippen LogP contribution in [0.5, 0.6) is 0 Å². The van der Waals surface area contributed by atoms with E-state index in [4.69, 9.17) is 0 Å². The molecule has 1 aliphatic rings. The number of halogens is 3. The molecule has 0 bridgehead atoms. The van der Waals surface area contributed by atoms with Crippen molar-refractivity contribution in [1.29, 1.82) is 0 Å². The first kappa shape index (κ1) is 22.8. The summed E-state index contributed by atoms with van der Waals surface area (Å²) in [4.78, 5) is 14.7. The lowest BCUT2D eigenvalue weighted by Crippen LogP contribution is -2.45. The molecule has 0 fully saturated rings. The summed E-state index contributed by atoms with van der Waals surface area (Å²) in [6.45, 7) is 1.20. The number of nitrogens with zero attached hydrogens (tertiary/aromatic N) is 2. The predicted octanol–water partition coefficient (Wildman–Crippen LogP) is 4.88. The molecule has 33 heavy (non-hydrogen) atoms. The number of benzene rings is 3. The summed E-state index contributed by atoms with van der Waals surface area (Å²) in [6, 6.07) is 18.4. The zero-order chi connectivity index (χ0) is 23.8. The van der Waals surface area contributed by atoms with Gasteiger partial charge in [0.2, 0.25) is 5.91 Å². The smallest absolute Gasteiger partial charge is 0.307 e. The minimum Gasteiger partial charge on any atom is -0.307 e. The molecule has 172 valence electrons. The van der Waals surface area contributed by atoms with Crippen LogP contribution < -0.4 is 9.21 Å². The zero-order valence-electron chi connectivity index (χ0n) is 17.7. The third-order valence-corrected chi connectivity index (χ3v) is 7.34. The number of hydrogen-bond donors (Lipinski definition) is 0. The first-order valence-corrected chi connectivity index (χ1v) is 11.7. The van der Waals surface area contributed by atoms with Crippen molar-refractivity contribution in [2.24, 2.45) is 0 Å². The van der Waals surface area contributed by atoms with Gasteiger partial charge in [0.1, 0.15) is 6.54 Å². The Morgan fingerprint density at radius 2 is 1.67 bits per heavy atom. The first-order chi connectivity index (χ1) is 15.6. The maximum Gasteiger partial charge on any atom is 0.416 e. The minimum absolute atomic E-state index is 0.120. The van der Waals surface area contributed by atoms with Gasteiger partial charge in [-0.25, -0.2) is 8.42 Å². The molecular weight excluding hydrogens is 453 g/mol. The van der Waals surface area contributed by atoms with Crippen molar-refractivity contribution < 1.29 is 26.4 Å². The molecule has 0 saturated heterocycles. The molecule has 1 amide bonds. The van der Waals surface area contributed by atoms with Crippen molar-refractivity contribution in [2.45, 2.75) is 30.5 Å². The molecule has 1 aliphatic heterocycles. The van der Waals surface area contributed by atoms with Gasteiger partial charge in [-0.2, -0.15) is 13.2 Å². The molecule has 0 N–H and O–H groups in total. The highest BCUT2D eigenvalue weighted by molar-refractivity contribution is 7.92. The Hall–Kier alpha value is -3.33. The molecule has 4 rings (SSSR count). The molecule has 0 saturated carbocycles. The van der Waals surface area contributed by atoms with Gasteiger partial charge in [-0.15, -0.1) is 0 Å². The van der Waals surface area contributed by atoms with E-state index in [1.165, 1.54) is 35.2 Å². The number of para-hydroxylation sites is 1. The van der Waals surface area contributed by atoms with E-state index in [-0.39, 0.29) is 16.6 Å². The van der Waals surface area contributed by atoms with Gasteiger partial charge in [-0.1, -0.05) is 42.5 Å². The van der Waals surface area contributed by atoms with E-state index in [9.17, 15) is 26.4 Å². The number of sulfonamides is 1. The van der Waals surface area contributed by atoms with Crippen LogP contribution >= 0.6 is 0 Å². The van der Waals surface area contributed by atoms with Crippen molar-refractivity contribution in [3.05, 3.63) is 90.0 Å². The number of carbonyl (C=O) groups excluding carboxylic acids is 1. The molecule has 3 aromatic carbocycles. The normalized spacial score (nSPS) is 15.9. The summed E-state index contributed by atoms with van der Waals surface area (Å²) >= 11 is 0. The Morgan fingerprint density at radius 3 is 2.36 bits per heavy atom. The Balaban J connectivity index is 1.77. The number of hydrogen-bond acceptors (Lipinski definition) is 3.